The smallest absolute Gasteiger partial charge is 0.126 e. The van der Waals surface area contributed by atoms with E-state index >= 15 is 0 Å². The van der Waals surface area contributed by atoms with E-state index < -0.39 is 0 Å². The summed E-state index contributed by atoms with van der Waals surface area (Å²) in [6.07, 6.45) is 4.11. The average Bonchev–Trinajstić information content (AvgIpc) is 2.32. The topological polar surface area (TPSA) is 9.23 Å². The lowest BCUT2D eigenvalue weighted by Crippen LogP contribution is -2.19. The Hall–Kier alpha value is -0.760. The van der Waals surface area contributed by atoms with Gasteiger partial charge in [0.1, 0.15) is 5.75 Å². The summed E-state index contributed by atoms with van der Waals surface area (Å²) in [5.74, 6) is 2.15. The van der Waals surface area contributed by atoms with Crippen molar-refractivity contribution in [3.63, 3.8) is 0 Å². The summed E-state index contributed by atoms with van der Waals surface area (Å²) in [6, 6.07) is 8.16. The van der Waals surface area contributed by atoms with Crippen LogP contribution in [-0.4, -0.2) is 11.9 Å². The Kier molecular flexibility index (Phi) is 6.35. The van der Waals surface area contributed by atoms with E-state index in [1.54, 1.807) is 0 Å². The molecule has 0 aromatic heterocycles. The number of rotatable bonds is 6. The summed E-state index contributed by atoms with van der Waals surface area (Å²) in [4.78, 5) is 0. The van der Waals surface area contributed by atoms with E-state index in [2.05, 4.69) is 41.9 Å². The van der Waals surface area contributed by atoms with Crippen LogP contribution in [0.1, 0.15) is 26.3 Å². The van der Waals surface area contributed by atoms with E-state index in [0.29, 0.717) is 11.8 Å². The van der Waals surface area contributed by atoms with Crippen molar-refractivity contribution in [1.29, 1.82) is 0 Å². The Balaban J connectivity index is 2.68. The van der Waals surface area contributed by atoms with Gasteiger partial charge in [-0.05, 0) is 18.9 Å². The molecule has 0 heterocycles. The minimum Gasteiger partial charge on any atom is -0.493 e. The van der Waals surface area contributed by atoms with Crippen molar-refractivity contribution in [2.24, 2.45) is 11.8 Å². The molecule has 2 heteroatoms. The lowest BCUT2D eigenvalue weighted by molar-refractivity contribution is 0.227. The Bertz CT molecular complexity index is 358. The third kappa shape index (κ3) is 4.55. The number of hydrogen-bond acceptors (Lipinski definition) is 1. The lowest BCUT2D eigenvalue weighted by atomic mass is 9.99. The average molecular weight is 297 g/mol. The standard InChI is InChI=1S/C15H21BrO/c1-4-7-13-8-5-6-9-15(13)17-11-14(10-16)12(2)3/h4-9,12,14H,10-11H2,1-3H3. The SMILES string of the molecule is CC=Cc1ccccc1OCC(CBr)C(C)C. The predicted octanol–water partition coefficient (Wildman–Crippen LogP) is 4.77. The van der Waals surface area contributed by atoms with E-state index in [1.165, 1.54) is 0 Å². The van der Waals surface area contributed by atoms with Crippen molar-refractivity contribution in [2.75, 3.05) is 11.9 Å². The van der Waals surface area contributed by atoms with Crippen molar-refractivity contribution in [3.05, 3.63) is 35.9 Å². The molecule has 0 bridgehead atoms. The summed E-state index contributed by atoms with van der Waals surface area (Å²) in [5, 5.41) is 0.983. The highest BCUT2D eigenvalue weighted by atomic mass is 79.9. The fourth-order valence-electron chi connectivity index (χ4n) is 1.54. The van der Waals surface area contributed by atoms with Gasteiger partial charge in [-0.25, -0.2) is 0 Å². The van der Waals surface area contributed by atoms with Crippen LogP contribution in [-0.2, 0) is 0 Å². The highest BCUT2D eigenvalue weighted by Crippen LogP contribution is 2.22. The van der Waals surface area contributed by atoms with Gasteiger partial charge < -0.3 is 4.74 Å². The third-order valence-electron chi connectivity index (χ3n) is 2.86. The number of ether oxygens (including phenoxy) is 1. The van der Waals surface area contributed by atoms with E-state index in [9.17, 15) is 0 Å². The lowest BCUT2D eigenvalue weighted by Gasteiger charge is -2.19. The third-order valence-corrected chi connectivity index (χ3v) is 3.69. The van der Waals surface area contributed by atoms with Crippen molar-refractivity contribution in [1.82, 2.24) is 0 Å². The molecule has 1 unspecified atom stereocenters. The maximum atomic E-state index is 5.92. The first-order valence-corrected chi connectivity index (χ1v) is 7.21. The van der Waals surface area contributed by atoms with Gasteiger partial charge in [0.05, 0.1) is 6.61 Å². The van der Waals surface area contributed by atoms with Gasteiger partial charge in [-0.2, -0.15) is 0 Å². The second-order valence-corrected chi connectivity index (χ2v) is 5.15. The Morgan fingerprint density at radius 1 is 1.29 bits per heavy atom. The number of para-hydroxylation sites is 1. The molecule has 0 aliphatic carbocycles. The van der Waals surface area contributed by atoms with Crippen molar-refractivity contribution >= 4 is 22.0 Å². The molecule has 0 aliphatic heterocycles. The maximum Gasteiger partial charge on any atom is 0.126 e. The summed E-state index contributed by atoms with van der Waals surface area (Å²) in [5.41, 5.74) is 1.15. The second kappa shape index (κ2) is 7.54. The summed E-state index contributed by atoms with van der Waals surface area (Å²) >= 11 is 3.55. The normalized spacial score (nSPS) is 13.2. The highest BCUT2D eigenvalue weighted by Gasteiger charge is 2.13. The molecule has 1 nitrogen and oxygen atoms in total. The highest BCUT2D eigenvalue weighted by molar-refractivity contribution is 9.09. The van der Waals surface area contributed by atoms with Crippen LogP contribution in [0.3, 0.4) is 0 Å². The van der Waals surface area contributed by atoms with Crippen LogP contribution >= 0.6 is 15.9 Å². The second-order valence-electron chi connectivity index (χ2n) is 4.51. The number of benzene rings is 1. The molecule has 17 heavy (non-hydrogen) atoms. The van der Waals surface area contributed by atoms with Crippen LogP contribution in [0.4, 0.5) is 0 Å². The van der Waals surface area contributed by atoms with E-state index in [0.717, 1.165) is 23.2 Å². The monoisotopic (exact) mass is 296 g/mol. The Labute approximate surface area is 113 Å². The maximum absolute atomic E-state index is 5.92. The molecule has 0 spiro atoms. The molecule has 0 fully saturated rings. The van der Waals surface area contributed by atoms with Gasteiger partial charge >= 0.3 is 0 Å². The fourth-order valence-corrected chi connectivity index (χ4v) is 2.48. The number of hydrogen-bond donors (Lipinski definition) is 0. The molecule has 1 rings (SSSR count). The molecular formula is C15H21BrO. The molecule has 1 aromatic carbocycles. The van der Waals surface area contributed by atoms with Crippen LogP contribution in [0.25, 0.3) is 6.08 Å². The minimum atomic E-state index is 0.550. The van der Waals surface area contributed by atoms with Crippen molar-refractivity contribution in [3.8, 4) is 5.75 Å². The number of allylic oxidation sites excluding steroid dienone is 1. The van der Waals surface area contributed by atoms with Crippen molar-refractivity contribution in [2.45, 2.75) is 20.8 Å². The van der Waals surface area contributed by atoms with E-state index in [-0.39, 0.29) is 0 Å². The first kappa shape index (κ1) is 14.3. The summed E-state index contributed by atoms with van der Waals surface area (Å²) in [6.45, 7) is 7.24. The van der Waals surface area contributed by atoms with Gasteiger partial charge in [0.15, 0.2) is 0 Å². The molecular weight excluding hydrogens is 276 g/mol. The Morgan fingerprint density at radius 2 is 2.00 bits per heavy atom. The number of halogens is 1. The quantitative estimate of drug-likeness (QED) is 0.687. The molecule has 0 saturated heterocycles. The zero-order chi connectivity index (χ0) is 12.7. The van der Waals surface area contributed by atoms with Gasteiger partial charge in [-0.15, -0.1) is 0 Å². The van der Waals surface area contributed by atoms with Gasteiger partial charge in [-0.1, -0.05) is 60.1 Å². The zero-order valence-corrected chi connectivity index (χ0v) is 12.4. The van der Waals surface area contributed by atoms with Crippen molar-refractivity contribution < 1.29 is 4.74 Å². The van der Waals surface area contributed by atoms with Crippen LogP contribution < -0.4 is 4.74 Å². The molecule has 0 radical (unpaired) electrons. The summed E-state index contributed by atoms with van der Waals surface area (Å²) in [7, 11) is 0. The minimum absolute atomic E-state index is 0.550. The molecule has 0 saturated carbocycles. The van der Waals surface area contributed by atoms with Crippen LogP contribution in [0.15, 0.2) is 30.3 Å². The van der Waals surface area contributed by atoms with Gasteiger partial charge in [0.25, 0.3) is 0 Å². The first-order valence-electron chi connectivity index (χ1n) is 6.09. The first-order chi connectivity index (χ1) is 8.19. The van der Waals surface area contributed by atoms with Gasteiger partial charge in [0.2, 0.25) is 0 Å². The van der Waals surface area contributed by atoms with E-state index in [4.69, 9.17) is 4.74 Å². The summed E-state index contributed by atoms with van der Waals surface area (Å²) < 4.78 is 5.92. The number of alkyl halides is 1. The molecule has 1 atom stereocenters. The zero-order valence-electron chi connectivity index (χ0n) is 10.8. The van der Waals surface area contributed by atoms with Gasteiger partial charge in [-0.3, -0.25) is 0 Å². The molecule has 0 N–H and O–H groups in total. The van der Waals surface area contributed by atoms with Gasteiger partial charge in [0, 0.05) is 16.8 Å². The Morgan fingerprint density at radius 3 is 2.59 bits per heavy atom. The predicted molar refractivity (Wildman–Crippen MR) is 78.8 cm³/mol. The van der Waals surface area contributed by atoms with Crippen LogP contribution in [0, 0.1) is 11.8 Å². The molecule has 1 aromatic rings. The molecule has 0 amide bonds. The fraction of sp³-hybridized carbons (Fsp3) is 0.467. The molecule has 0 aliphatic rings. The van der Waals surface area contributed by atoms with Crippen LogP contribution in [0.2, 0.25) is 0 Å². The van der Waals surface area contributed by atoms with E-state index in [1.807, 2.05) is 31.2 Å². The molecule has 94 valence electrons. The largest absolute Gasteiger partial charge is 0.493 e. The van der Waals surface area contributed by atoms with Crippen LogP contribution in [0.5, 0.6) is 5.75 Å².